The molecule has 2 amide bonds. The van der Waals surface area contributed by atoms with E-state index in [0.717, 1.165) is 0 Å². The van der Waals surface area contributed by atoms with Gasteiger partial charge in [-0.2, -0.15) is 10.2 Å². The van der Waals surface area contributed by atoms with Crippen molar-refractivity contribution in [3.63, 3.8) is 0 Å². The summed E-state index contributed by atoms with van der Waals surface area (Å²) in [7, 11) is -0.390. The van der Waals surface area contributed by atoms with E-state index in [2.05, 4.69) is 36.6 Å². The van der Waals surface area contributed by atoms with Crippen LogP contribution in [-0.4, -0.2) is 134 Å². The number of carbonyl (C=O) groups excluding carboxylic acids is 2. The van der Waals surface area contributed by atoms with E-state index < -0.39 is 68.1 Å². The van der Waals surface area contributed by atoms with Gasteiger partial charge in [-0.05, 0) is 41.0 Å². The topological polar surface area (TPSA) is 262 Å². The van der Waals surface area contributed by atoms with Gasteiger partial charge >= 0.3 is 5.69 Å². The number of amides is 2. The summed E-state index contributed by atoms with van der Waals surface area (Å²) in [5, 5.41) is 15.0. The average Bonchev–Trinajstić information content (AvgIpc) is 3.76. The molecule has 0 aromatic carbocycles. The lowest BCUT2D eigenvalue weighted by Gasteiger charge is -2.39. The number of aromatic nitrogens is 6. The fourth-order valence-electron chi connectivity index (χ4n) is 6.98. The highest BCUT2D eigenvalue weighted by Crippen LogP contribution is 2.50. The largest absolute Gasteiger partial charge is 0.382 e. The van der Waals surface area contributed by atoms with Crippen molar-refractivity contribution in [2.24, 2.45) is 5.92 Å². The standard InChI is InChI=1S/C38H58N11O11P/c1-10-25-17-46(19-27(58-25)47-16-24(8)33(52)45-38(47)54)18-26(50)41-35-29(60-61(57-13-11-12-39)49(22(4)5)23(6)7)30(56-15-14-55-9)36(59-35)48-20-40-28-31(48)42-37(44-34(28)53)43-32(51)21(2)3/h16,20-23,25,27,29-30,35-36H,10-11,13-15,17-19H2,1-9H3,(H,41,50)(H,45,52,54)(H2,42,43,44,51,53)/t25-,27-,29-,30?,35+,36-,61?/m1/s1. The fourth-order valence-corrected chi connectivity index (χ4v) is 8.72. The molecule has 3 aromatic rings. The maximum Gasteiger partial charge on any atom is 0.330 e. The predicted octanol–water partition coefficient (Wildman–Crippen LogP) is 1.85. The number of hydrogen-bond acceptors (Lipinski definition) is 16. The minimum atomic E-state index is -1.91. The number of hydrogen-bond donors (Lipinski definition) is 4. The molecule has 2 aliphatic rings. The highest BCUT2D eigenvalue weighted by Gasteiger charge is 2.51. The number of fused-ring (bicyclic) bond motifs is 1. The zero-order valence-electron chi connectivity index (χ0n) is 36.1. The third-order valence-electron chi connectivity index (χ3n) is 9.94. The number of ether oxygens (including phenoxy) is 4. The molecule has 7 atom stereocenters. The number of nitrogens with zero attached hydrogens (tertiary/aromatic N) is 7. The molecule has 0 radical (unpaired) electrons. The van der Waals surface area contributed by atoms with Gasteiger partial charge in [0.05, 0.1) is 51.3 Å². The summed E-state index contributed by atoms with van der Waals surface area (Å²) in [6.45, 7) is 15.6. The average molecular weight is 876 g/mol. The molecule has 336 valence electrons. The van der Waals surface area contributed by atoms with Crippen LogP contribution in [0, 0.1) is 24.2 Å². The number of carbonyl (C=O) groups is 2. The minimum Gasteiger partial charge on any atom is -0.382 e. The summed E-state index contributed by atoms with van der Waals surface area (Å²) in [5.41, 5.74) is -1.37. The molecule has 2 fully saturated rings. The van der Waals surface area contributed by atoms with E-state index in [1.54, 1.807) is 20.8 Å². The molecule has 23 heteroatoms. The summed E-state index contributed by atoms with van der Waals surface area (Å²) < 4.78 is 42.6. The van der Waals surface area contributed by atoms with E-state index in [1.807, 2.05) is 44.2 Å². The molecular weight excluding hydrogens is 817 g/mol. The molecule has 61 heavy (non-hydrogen) atoms. The maximum atomic E-state index is 14.2. The normalized spacial score (nSPS) is 22.7. The van der Waals surface area contributed by atoms with Gasteiger partial charge in [-0.25, -0.2) is 14.4 Å². The molecule has 0 aliphatic carbocycles. The van der Waals surface area contributed by atoms with Crippen molar-refractivity contribution in [3.05, 3.63) is 49.3 Å². The number of nitriles is 1. The van der Waals surface area contributed by atoms with Gasteiger partial charge in [-0.3, -0.25) is 48.5 Å². The van der Waals surface area contributed by atoms with E-state index in [0.29, 0.717) is 18.5 Å². The SMILES string of the molecule is CC[C@@H]1CN(CC(=O)N[C@H]2O[C@@H](n3cnc4c(=O)[nH]c(NC(=O)C(C)C)nc43)C(OCCOC)[C@H]2OP(OCCC#N)N(C(C)C)C(C)C)C[C@H](n2cc(C)c(=O)[nH]c2=O)O1. The minimum absolute atomic E-state index is 0.0382. The molecule has 2 aliphatic heterocycles. The Hall–Kier alpha value is -4.43. The Bertz CT molecular complexity index is 2180. The first kappa shape index (κ1) is 47.6. The summed E-state index contributed by atoms with van der Waals surface area (Å²) >= 11 is 0. The Morgan fingerprint density at radius 3 is 2.43 bits per heavy atom. The molecule has 2 saturated heterocycles. The van der Waals surface area contributed by atoms with Gasteiger partial charge in [0.15, 0.2) is 29.8 Å². The van der Waals surface area contributed by atoms with Crippen LogP contribution in [0.2, 0.25) is 0 Å². The van der Waals surface area contributed by atoms with E-state index in [9.17, 15) is 29.2 Å². The first-order valence-electron chi connectivity index (χ1n) is 20.3. The monoisotopic (exact) mass is 875 g/mol. The van der Waals surface area contributed by atoms with Crippen molar-refractivity contribution < 1.29 is 37.6 Å². The van der Waals surface area contributed by atoms with Crippen molar-refractivity contribution in [1.29, 1.82) is 5.26 Å². The van der Waals surface area contributed by atoms with Crippen LogP contribution < -0.4 is 27.4 Å². The van der Waals surface area contributed by atoms with Crippen molar-refractivity contribution in [2.75, 3.05) is 51.9 Å². The van der Waals surface area contributed by atoms with Crippen LogP contribution in [0.4, 0.5) is 5.95 Å². The maximum absolute atomic E-state index is 14.2. The van der Waals surface area contributed by atoms with Crippen LogP contribution >= 0.6 is 8.53 Å². The van der Waals surface area contributed by atoms with Crippen LogP contribution in [0.5, 0.6) is 0 Å². The third kappa shape index (κ3) is 11.7. The molecule has 0 saturated carbocycles. The van der Waals surface area contributed by atoms with Gasteiger partial charge in [0.25, 0.3) is 19.6 Å². The zero-order valence-corrected chi connectivity index (χ0v) is 37.0. The second-order valence-electron chi connectivity index (χ2n) is 15.6. The number of rotatable bonds is 20. The molecule has 0 spiro atoms. The molecule has 5 heterocycles. The number of morpholine rings is 1. The third-order valence-corrected chi connectivity index (χ3v) is 12.1. The molecular formula is C38H58N11O11P. The van der Waals surface area contributed by atoms with Crippen molar-refractivity contribution in [2.45, 2.75) is 117 Å². The second-order valence-corrected chi connectivity index (χ2v) is 17.0. The number of aryl methyl sites for hydroxylation is 1. The highest BCUT2D eigenvalue weighted by atomic mass is 31.2. The number of imidazole rings is 1. The second kappa shape index (κ2) is 21.6. The molecule has 5 rings (SSSR count). The molecule has 0 bridgehead atoms. The van der Waals surface area contributed by atoms with E-state index in [1.165, 1.54) is 28.8 Å². The Morgan fingerprint density at radius 1 is 1.03 bits per heavy atom. The van der Waals surface area contributed by atoms with Gasteiger partial charge in [-0.1, -0.05) is 20.8 Å². The Balaban J connectivity index is 1.53. The zero-order chi connectivity index (χ0) is 44.5. The van der Waals surface area contributed by atoms with Crippen LogP contribution in [-0.2, 0) is 37.6 Å². The summed E-state index contributed by atoms with van der Waals surface area (Å²) in [4.78, 5) is 80.5. The van der Waals surface area contributed by atoms with Gasteiger partial charge < -0.3 is 33.3 Å². The van der Waals surface area contributed by atoms with Crippen LogP contribution in [0.15, 0.2) is 26.9 Å². The summed E-state index contributed by atoms with van der Waals surface area (Å²) in [6.07, 6.45) is -2.01. The van der Waals surface area contributed by atoms with Gasteiger partial charge in [0, 0.05) is 50.0 Å². The van der Waals surface area contributed by atoms with E-state index in [-0.39, 0.29) is 80.5 Å². The Morgan fingerprint density at radius 2 is 1.77 bits per heavy atom. The van der Waals surface area contributed by atoms with Crippen molar-refractivity contribution in [1.82, 2.24) is 44.0 Å². The Kier molecular flexibility index (Phi) is 16.8. The van der Waals surface area contributed by atoms with Crippen molar-refractivity contribution in [3.8, 4) is 6.07 Å². The number of H-pyrrole nitrogens is 2. The van der Waals surface area contributed by atoms with Gasteiger partial charge in [0.2, 0.25) is 17.8 Å². The number of methoxy groups -OCH3 is 1. The van der Waals surface area contributed by atoms with Crippen LogP contribution in [0.25, 0.3) is 11.2 Å². The lowest BCUT2D eigenvalue weighted by molar-refractivity contribution is -0.140. The Labute approximate surface area is 354 Å². The number of aromatic amines is 2. The summed E-state index contributed by atoms with van der Waals surface area (Å²) in [6, 6.07) is 1.96. The molecule has 22 nitrogen and oxygen atoms in total. The molecule has 4 N–H and O–H groups in total. The molecule has 3 aromatic heterocycles. The lowest BCUT2D eigenvalue weighted by Crippen LogP contribution is -2.53. The smallest absolute Gasteiger partial charge is 0.330 e. The van der Waals surface area contributed by atoms with Crippen LogP contribution in [0.1, 0.15) is 79.3 Å². The number of nitrogens with one attached hydrogen (secondary N) is 4. The van der Waals surface area contributed by atoms with Gasteiger partial charge in [-0.15, -0.1) is 0 Å². The molecule has 2 unspecified atom stereocenters. The van der Waals surface area contributed by atoms with Gasteiger partial charge in [0.1, 0.15) is 12.2 Å². The predicted molar refractivity (Wildman–Crippen MR) is 222 cm³/mol. The highest BCUT2D eigenvalue weighted by molar-refractivity contribution is 7.44. The number of anilines is 1. The summed E-state index contributed by atoms with van der Waals surface area (Å²) in [5.74, 6) is -1.33. The lowest BCUT2D eigenvalue weighted by atomic mass is 10.2. The van der Waals surface area contributed by atoms with E-state index >= 15 is 0 Å². The van der Waals surface area contributed by atoms with Crippen LogP contribution in [0.3, 0.4) is 0 Å². The van der Waals surface area contributed by atoms with Crippen molar-refractivity contribution >= 4 is 37.5 Å². The quantitative estimate of drug-likeness (QED) is 0.0933. The fraction of sp³-hybridized carbons (Fsp3) is 0.684. The first-order valence-corrected chi connectivity index (χ1v) is 21.5. The first-order chi connectivity index (χ1) is 29.1. The van der Waals surface area contributed by atoms with E-state index in [4.69, 9.17) is 28.0 Å².